The molecule has 0 aromatic carbocycles. The number of aryl methyl sites for hydroxylation is 3. The molecule has 0 aliphatic carbocycles. The number of aromatic nitrogens is 4. The van der Waals surface area contributed by atoms with Crippen LogP contribution >= 0.6 is 0 Å². The molecule has 1 saturated heterocycles. The molecule has 0 N–H and O–H groups in total. The highest BCUT2D eigenvalue weighted by atomic mass is 16.5. The van der Waals surface area contributed by atoms with Gasteiger partial charge in [0.1, 0.15) is 11.9 Å². The predicted molar refractivity (Wildman–Crippen MR) is 89.0 cm³/mol. The van der Waals surface area contributed by atoms with Gasteiger partial charge in [0.2, 0.25) is 5.88 Å². The monoisotopic (exact) mass is 329 g/mol. The molecular weight excluding hydrogens is 306 g/mol. The first kappa shape index (κ1) is 16.4. The van der Waals surface area contributed by atoms with Crippen LogP contribution in [-0.2, 0) is 7.05 Å². The number of carbonyl (C=O) groups is 1. The summed E-state index contributed by atoms with van der Waals surface area (Å²) in [6.45, 7) is 6.94. The Labute approximate surface area is 141 Å². The number of likely N-dealkylation sites (tertiary alicyclic amines) is 1. The number of nitrogens with zero attached hydrogens (tertiary/aromatic N) is 5. The average molecular weight is 329 g/mol. The van der Waals surface area contributed by atoms with E-state index >= 15 is 0 Å². The Morgan fingerprint density at radius 3 is 2.79 bits per heavy atom. The second-order valence-corrected chi connectivity index (χ2v) is 6.24. The van der Waals surface area contributed by atoms with Gasteiger partial charge in [-0.2, -0.15) is 10.1 Å². The highest BCUT2D eigenvalue weighted by Crippen LogP contribution is 2.21. The van der Waals surface area contributed by atoms with E-state index in [0.29, 0.717) is 23.8 Å². The first-order chi connectivity index (χ1) is 11.5. The summed E-state index contributed by atoms with van der Waals surface area (Å²) in [5.74, 6) is 1.28. The first-order valence-electron chi connectivity index (χ1n) is 8.21. The van der Waals surface area contributed by atoms with Crippen LogP contribution in [0.1, 0.15) is 40.4 Å². The van der Waals surface area contributed by atoms with E-state index in [1.54, 1.807) is 16.9 Å². The summed E-state index contributed by atoms with van der Waals surface area (Å²) in [5, 5.41) is 4.34. The van der Waals surface area contributed by atoms with E-state index in [9.17, 15) is 4.79 Å². The minimum absolute atomic E-state index is 0.0327. The fraction of sp³-hybridized carbons (Fsp3) is 0.529. The zero-order valence-corrected chi connectivity index (χ0v) is 14.6. The van der Waals surface area contributed by atoms with Crippen LogP contribution in [0, 0.1) is 20.8 Å². The number of hydrogen-bond acceptors (Lipinski definition) is 5. The molecule has 3 heterocycles. The third kappa shape index (κ3) is 3.25. The summed E-state index contributed by atoms with van der Waals surface area (Å²) in [6, 6.07) is 1.75. The van der Waals surface area contributed by atoms with Crippen molar-refractivity contribution in [3.8, 4) is 5.88 Å². The standard InChI is InChI=1S/C17H23N5O2/c1-11-16(12(2)21(4)20-11)17(23)22-9-5-6-14(10-22)24-15-7-8-18-13(3)19-15/h7-8,14H,5-6,9-10H2,1-4H3. The maximum Gasteiger partial charge on any atom is 0.257 e. The first-order valence-corrected chi connectivity index (χ1v) is 8.21. The number of piperidine rings is 1. The largest absolute Gasteiger partial charge is 0.472 e. The second-order valence-electron chi connectivity index (χ2n) is 6.24. The Morgan fingerprint density at radius 1 is 1.33 bits per heavy atom. The Bertz CT molecular complexity index is 755. The van der Waals surface area contributed by atoms with E-state index in [2.05, 4.69) is 15.1 Å². The highest BCUT2D eigenvalue weighted by Gasteiger charge is 2.29. The van der Waals surface area contributed by atoms with Crippen molar-refractivity contribution in [2.24, 2.45) is 7.05 Å². The van der Waals surface area contributed by atoms with Gasteiger partial charge in [0.15, 0.2) is 0 Å². The normalized spacial score (nSPS) is 17.8. The van der Waals surface area contributed by atoms with Crippen LogP contribution in [-0.4, -0.2) is 49.7 Å². The molecule has 0 radical (unpaired) electrons. The van der Waals surface area contributed by atoms with Crippen LogP contribution in [0.3, 0.4) is 0 Å². The lowest BCUT2D eigenvalue weighted by Crippen LogP contribution is -2.44. The summed E-state index contributed by atoms with van der Waals surface area (Å²) in [7, 11) is 1.86. The molecule has 2 aromatic heterocycles. The third-order valence-electron chi connectivity index (χ3n) is 4.43. The number of hydrogen-bond donors (Lipinski definition) is 0. The predicted octanol–water partition coefficient (Wildman–Crippen LogP) is 1.82. The van der Waals surface area contributed by atoms with Gasteiger partial charge < -0.3 is 9.64 Å². The lowest BCUT2D eigenvalue weighted by molar-refractivity contribution is 0.0525. The highest BCUT2D eigenvalue weighted by molar-refractivity contribution is 5.96. The molecule has 2 aromatic rings. The van der Waals surface area contributed by atoms with Gasteiger partial charge in [-0.25, -0.2) is 4.98 Å². The van der Waals surface area contributed by atoms with Crippen molar-refractivity contribution >= 4 is 5.91 Å². The van der Waals surface area contributed by atoms with E-state index in [0.717, 1.165) is 30.8 Å². The maximum absolute atomic E-state index is 12.9. The average Bonchev–Trinajstić information content (AvgIpc) is 2.80. The fourth-order valence-electron chi connectivity index (χ4n) is 3.13. The van der Waals surface area contributed by atoms with Gasteiger partial charge in [-0.1, -0.05) is 0 Å². The molecule has 24 heavy (non-hydrogen) atoms. The van der Waals surface area contributed by atoms with Gasteiger partial charge in [0.25, 0.3) is 5.91 Å². The molecule has 1 amide bonds. The van der Waals surface area contributed by atoms with Gasteiger partial charge in [-0.15, -0.1) is 0 Å². The summed E-state index contributed by atoms with van der Waals surface area (Å²) in [4.78, 5) is 23.1. The van der Waals surface area contributed by atoms with Crippen molar-refractivity contribution in [2.45, 2.75) is 39.7 Å². The molecule has 128 valence electrons. The quantitative estimate of drug-likeness (QED) is 0.859. The maximum atomic E-state index is 12.9. The van der Waals surface area contributed by atoms with Gasteiger partial charge in [0.05, 0.1) is 17.8 Å². The van der Waals surface area contributed by atoms with Crippen molar-refractivity contribution in [3.05, 3.63) is 35.0 Å². The Balaban J connectivity index is 1.72. The van der Waals surface area contributed by atoms with E-state index in [-0.39, 0.29) is 12.0 Å². The van der Waals surface area contributed by atoms with Gasteiger partial charge in [-0.3, -0.25) is 9.48 Å². The summed E-state index contributed by atoms with van der Waals surface area (Å²) >= 11 is 0. The molecule has 7 heteroatoms. The Morgan fingerprint density at radius 2 is 2.12 bits per heavy atom. The van der Waals surface area contributed by atoms with Crippen molar-refractivity contribution < 1.29 is 9.53 Å². The molecular formula is C17H23N5O2. The van der Waals surface area contributed by atoms with Crippen molar-refractivity contribution in [3.63, 3.8) is 0 Å². The van der Waals surface area contributed by atoms with E-state index in [1.807, 2.05) is 32.7 Å². The van der Waals surface area contributed by atoms with Gasteiger partial charge in [0, 0.05) is 31.5 Å². The van der Waals surface area contributed by atoms with E-state index in [1.165, 1.54) is 0 Å². The summed E-state index contributed by atoms with van der Waals surface area (Å²) in [5.41, 5.74) is 2.37. The molecule has 7 nitrogen and oxygen atoms in total. The van der Waals surface area contributed by atoms with Crippen LogP contribution in [0.25, 0.3) is 0 Å². The van der Waals surface area contributed by atoms with Gasteiger partial charge >= 0.3 is 0 Å². The number of ether oxygens (including phenoxy) is 1. The van der Waals surface area contributed by atoms with Crippen molar-refractivity contribution in [1.82, 2.24) is 24.6 Å². The Hall–Kier alpha value is -2.44. The van der Waals surface area contributed by atoms with Gasteiger partial charge in [-0.05, 0) is 33.6 Å². The minimum atomic E-state index is -0.0470. The minimum Gasteiger partial charge on any atom is -0.472 e. The number of carbonyl (C=O) groups excluding carboxylic acids is 1. The van der Waals surface area contributed by atoms with Crippen LogP contribution in [0.2, 0.25) is 0 Å². The zero-order valence-electron chi connectivity index (χ0n) is 14.6. The van der Waals surface area contributed by atoms with Crippen molar-refractivity contribution in [1.29, 1.82) is 0 Å². The molecule has 0 bridgehead atoms. The van der Waals surface area contributed by atoms with Crippen LogP contribution in [0.4, 0.5) is 0 Å². The van der Waals surface area contributed by atoms with Crippen molar-refractivity contribution in [2.75, 3.05) is 13.1 Å². The second kappa shape index (κ2) is 6.59. The molecule has 1 aliphatic heterocycles. The third-order valence-corrected chi connectivity index (χ3v) is 4.43. The smallest absolute Gasteiger partial charge is 0.257 e. The molecule has 1 unspecified atom stereocenters. The summed E-state index contributed by atoms with van der Waals surface area (Å²) < 4.78 is 7.71. The Kier molecular flexibility index (Phi) is 4.51. The lowest BCUT2D eigenvalue weighted by Gasteiger charge is -2.32. The van der Waals surface area contributed by atoms with E-state index < -0.39 is 0 Å². The summed E-state index contributed by atoms with van der Waals surface area (Å²) in [6.07, 6.45) is 3.47. The number of amides is 1. The molecule has 3 rings (SSSR count). The van der Waals surface area contributed by atoms with Crippen LogP contribution in [0.5, 0.6) is 5.88 Å². The van der Waals surface area contributed by atoms with E-state index in [4.69, 9.17) is 4.74 Å². The lowest BCUT2D eigenvalue weighted by atomic mass is 10.1. The zero-order chi connectivity index (χ0) is 17.3. The number of rotatable bonds is 3. The van der Waals surface area contributed by atoms with Crippen LogP contribution in [0.15, 0.2) is 12.3 Å². The molecule has 0 spiro atoms. The molecule has 0 saturated carbocycles. The molecule has 1 atom stereocenters. The molecule has 1 aliphatic rings. The molecule has 1 fully saturated rings. The van der Waals surface area contributed by atoms with Crippen LogP contribution < -0.4 is 4.74 Å². The SMILES string of the molecule is Cc1nccc(OC2CCCN(C(=O)c3c(C)nn(C)c3C)C2)n1. The topological polar surface area (TPSA) is 73.1 Å². The fourth-order valence-corrected chi connectivity index (χ4v) is 3.13.